The Kier molecular flexibility index (Phi) is 8.60. The third-order valence-electron chi connectivity index (χ3n) is 4.12. The fraction of sp³-hybridized carbons (Fsp3) is 0.476. The molecule has 0 unspecified atom stereocenters. The van der Waals surface area contributed by atoms with Crippen LogP contribution in [0.3, 0.4) is 0 Å². The average Bonchev–Trinajstić information content (AvgIpc) is 2.68. The number of hydrogen-bond donors (Lipinski definition) is 1. The van der Waals surface area contributed by atoms with Crippen LogP contribution >= 0.6 is 0 Å². The molecule has 0 radical (unpaired) electrons. The van der Waals surface area contributed by atoms with Gasteiger partial charge in [0, 0.05) is 12.7 Å². The standard InChI is InChI=1S/C21H29N3O2/c1-3-5-6-7-8-9-14-23-20-12-10-11-18(24-20)19-16-17(13-15-22-19)21(25)26-4-2/h10-13,15-16H,3-9,14H2,1-2H3,(H,23,24). The number of aromatic nitrogens is 2. The van der Waals surface area contributed by atoms with E-state index < -0.39 is 0 Å². The number of ether oxygens (including phenoxy) is 1. The Bertz CT molecular complexity index is 688. The number of esters is 1. The topological polar surface area (TPSA) is 64.1 Å². The maximum atomic E-state index is 11.9. The van der Waals surface area contributed by atoms with Crippen LogP contribution in [0.2, 0.25) is 0 Å². The Morgan fingerprint density at radius 3 is 2.65 bits per heavy atom. The molecule has 0 aromatic carbocycles. The molecule has 0 spiro atoms. The first-order valence-electron chi connectivity index (χ1n) is 9.59. The predicted molar refractivity (Wildman–Crippen MR) is 105 cm³/mol. The molecule has 140 valence electrons. The number of unbranched alkanes of at least 4 members (excludes halogenated alkanes) is 5. The van der Waals surface area contributed by atoms with E-state index in [1.54, 1.807) is 25.3 Å². The summed E-state index contributed by atoms with van der Waals surface area (Å²) >= 11 is 0. The van der Waals surface area contributed by atoms with Gasteiger partial charge in [-0.3, -0.25) is 4.98 Å². The van der Waals surface area contributed by atoms with Crippen molar-refractivity contribution in [2.24, 2.45) is 0 Å². The minimum Gasteiger partial charge on any atom is -0.462 e. The van der Waals surface area contributed by atoms with Gasteiger partial charge < -0.3 is 10.1 Å². The lowest BCUT2D eigenvalue weighted by molar-refractivity contribution is 0.0526. The van der Waals surface area contributed by atoms with Crippen molar-refractivity contribution in [3.63, 3.8) is 0 Å². The van der Waals surface area contributed by atoms with E-state index in [-0.39, 0.29) is 5.97 Å². The van der Waals surface area contributed by atoms with E-state index in [1.165, 1.54) is 32.1 Å². The van der Waals surface area contributed by atoms with Crippen LogP contribution in [0.15, 0.2) is 36.5 Å². The number of hydrogen-bond acceptors (Lipinski definition) is 5. The van der Waals surface area contributed by atoms with Crippen LogP contribution in [-0.2, 0) is 4.74 Å². The van der Waals surface area contributed by atoms with Gasteiger partial charge in [-0.2, -0.15) is 0 Å². The third-order valence-corrected chi connectivity index (χ3v) is 4.12. The fourth-order valence-electron chi connectivity index (χ4n) is 2.71. The Hall–Kier alpha value is -2.43. The van der Waals surface area contributed by atoms with Crippen LogP contribution in [0.4, 0.5) is 5.82 Å². The quantitative estimate of drug-likeness (QED) is 0.449. The molecule has 0 bridgehead atoms. The number of carbonyl (C=O) groups excluding carboxylic acids is 1. The van der Waals surface area contributed by atoms with Gasteiger partial charge in [-0.1, -0.05) is 45.1 Å². The molecule has 1 N–H and O–H groups in total. The summed E-state index contributed by atoms with van der Waals surface area (Å²) in [7, 11) is 0. The Morgan fingerprint density at radius 1 is 1.04 bits per heavy atom. The largest absolute Gasteiger partial charge is 0.462 e. The molecule has 2 heterocycles. The SMILES string of the molecule is CCCCCCCCNc1cccc(-c2cc(C(=O)OCC)ccn2)n1. The van der Waals surface area contributed by atoms with Gasteiger partial charge >= 0.3 is 5.97 Å². The molecule has 0 fully saturated rings. The molecule has 0 aliphatic rings. The van der Waals surface area contributed by atoms with Gasteiger partial charge in [-0.25, -0.2) is 9.78 Å². The van der Waals surface area contributed by atoms with Crippen molar-refractivity contribution in [1.29, 1.82) is 0 Å². The zero-order valence-electron chi connectivity index (χ0n) is 15.8. The molecule has 5 nitrogen and oxygen atoms in total. The van der Waals surface area contributed by atoms with Crippen LogP contribution in [0, 0.1) is 0 Å². The molecule has 2 aromatic rings. The van der Waals surface area contributed by atoms with Crippen molar-refractivity contribution in [3.05, 3.63) is 42.1 Å². The van der Waals surface area contributed by atoms with Crippen molar-refractivity contribution in [1.82, 2.24) is 9.97 Å². The second-order valence-corrected chi connectivity index (χ2v) is 6.25. The molecule has 2 rings (SSSR count). The minimum absolute atomic E-state index is 0.339. The molecule has 26 heavy (non-hydrogen) atoms. The summed E-state index contributed by atoms with van der Waals surface area (Å²) in [6.45, 7) is 5.30. The highest BCUT2D eigenvalue weighted by molar-refractivity contribution is 5.90. The highest BCUT2D eigenvalue weighted by atomic mass is 16.5. The van der Waals surface area contributed by atoms with Crippen molar-refractivity contribution in [2.45, 2.75) is 52.4 Å². The monoisotopic (exact) mass is 355 g/mol. The summed E-state index contributed by atoms with van der Waals surface area (Å²) in [6.07, 6.45) is 9.23. The minimum atomic E-state index is -0.339. The van der Waals surface area contributed by atoms with Gasteiger partial charge in [-0.05, 0) is 37.6 Å². The van der Waals surface area contributed by atoms with E-state index in [4.69, 9.17) is 4.74 Å². The molecule has 0 aliphatic heterocycles. The van der Waals surface area contributed by atoms with Crippen molar-refractivity contribution < 1.29 is 9.53 Å². The van der Waals surface area contributed by atoms with Gasteiger partial charge in [0.05, 0.1) is 23.6 Å². The van der Waals surface area contributed by atoms with Crippen LogP contribution < -0.4 is 5.32 Å². The molecule has 0 atom stereocenters. The molecule has 5 heteroatoms. The smallest absolute Gasteiger partial charge is 0.338 e. The Labute approximate surface area is 156 Å². The fourth-order valence-corrected chi connectivity index (χ4v) is 2.71. The van der Waals surface area contributed by atoms with Crippen molar-refractivity contribution in [2.75, 3.05) is 18.5 Å². The van der Waals surface area contributed by atoms with Gasteiger partial charge in [0.25, 0.3) is 0 Å². The third kappa shape index (κ3) is 6.47. The van der Waals surface area contributed by atoms with E-state index in [9.17, 15) is 4.79 Å². The van der Waals surface area contributed by atoms with Crippen LogP contribution in [0.25, 0.3) is 11.4 Å². The van der Waals surface area contributed by atoms with Gasteiger partial charge in [0.1, 0.15) is 5.82 Å². The van der Waals surface area contributed by atoms with E-state index in [1.807, 2.05) is 18.2 Å². The maximum absolute atomic E-state index is 11.9. The summed E-state index contributed by atoms with van der Waals surface area (Å²) in [4.78, 5) is 20.8. The van der Waals surface area contributed by atoms with Gasteiger partial charge in [-0.15, -0.1) is 0 Å². The van der Waals surface area contributed by atoms with Crippen molar-refractivity contribution in [3.8, 4) is 11.4 Å². The maximum Gasteiger partial charge on any atom is 0.338 e. The molecule has 0 amide bonds. The number of nitrogens with one attached hydrogen (secondary N) is 1. The highest BCUT2D eigenvalue weighted by Crippen LogP contribution is 2.18. The summed E-state index contributed by atoms with van der Waals surface area (Å²) in [5, 5.41) is 3.37. The Balaban J connectivity index is 1.92. The Morgan fingerprint density at radius 2 is 1.85 bits per heavy atom. The van der Waals surface area contributed by atoms with Gasteiger partial charge in [0.15, 0.2) is 0 Å². The first-order chi connectivity index (χ1) is 12.7. The number of anilines is 1. The first-order valence-corrected chi connectivity index (χ1v) is 9.59. The van der Waals surface area contributed by atoms with Gasteiger partial charge in [0.2, 0.25) is 0 Å². The second-order valence-electron chi connectivity index (χ2n) is 6.25. The van der Waals surface area contributed by atoms with Crippen LogP contribution in [-0.4, -0.2) is 29.1 Å². The lowest BCUT2D eigenvalue weighted by Gasteiger charge is -2.08. The summed E-state index contributed by atoms with van der Waals surface area (Å²) in [5.41, 5.74) is 1.90. The van der Waals surface area contributed by atoms with Crippen molar-refractivity contribution >= 4 is 11.8 Å². The molecule has 0 aliphatic carbocycles. The molecule has 0 saturated carbocycles. The number of rotatable bonds is 11. The number of nitrogens with zero attached hydrogens (tertiary/aromatic N) is 2. The second kappa shape index (κ2) is 11.2. The average molecular weight is 355 g/mol. The van der Waals surface area contributed by atoms with E-state index in [2.05, 4.69) is 22.2 Å². The lowest BCUT2D eigenvalue weighted by atomic mass is 10.1. The van der Waals surface area contributed by atoms with E-state index in [0.29, 0.717) is 17.9 Å². The van der Waals surface area contributed by atoms with E-state index >= 15 is 0 Å². The number of pyridine rings is 2. The zero-order valence-corrected chi connectivity index (χ0v) is 15.8. The molecule has 0 saturated heterocycles. The normalized spacial score (nSPS) is 10.5. The highest BCUT2D eigenvalue weighted by Gasteiger charge is 2.09. The summed E-state index contributed by atoms with van der Waals surface area (Å²) in [5.74, 6) is 0.493. The van der Waals surface area contributed by atoms with Crippen LogP contribution in [0.1, 0.15) is 62.7 Å². The summed E-state index contributed by atoms with van der Waals surface area (Å²) < 4.78 is 5.04. The zero-order chi connectivity index (χ0) is 18.6. The van der Waals surface area contributed by atoms with Crippen LogP contribution in [0.5, 0.6) is 0 Å². The predicted octanol–water partition coefficient (Wildman–Crippen LogP) is 5.09. The summed E-state index contributed by atoms with van der Waals surface area (Å²) in [6, 6.07) is 9.17. The lowest BCUT2D eigenvalue weighted by Crippen LogP contribution is -2.06. The molecular formula is C21H29N3O2. The molecular weight excluding hydrogens is 326 g/mol. The first kappa shape index (κ1) is 19.9. The van der Waals surface area contributed by atoms with E-state index in [0.717, 1.165) is 24.5 Å². The molecule has 2 aromatic heterocycles. The number of carbonyl (C=O) groups is 1.